The van der Waals surface area contributed by atoms with Crippen molar-refractivity contribution in [3.63, 3.8) is 0 Å². The van der Waals surface area contributed by atoms with Gasteiger partial charge in [-0.1, -0.05) is 18.6 Å². The van der Waals surface area contributed by atoms with E-state index in [1.165, 1.54) is 25.7 Å². The van der Waals surface area contributed by atoms with Gasteiger partial charge in [-0.15, -0.1) is 0 Å². The Labute approximate surface area is 148 Å². The summed E-state index contributed by atoms with van der Waals surface area (Å²) < 4.78 is 0. The molecular weight excluding hydrogens is 312 g/mol. The van der Waals surface area contributed by atoms with Crippen LogP contribution >= 0.6 is 0 Å². The molecule has 0 N–H and O–H groups in total. The van der Waals surface area contributed by atoms with Crippen molar-refractivity contribution in [3.8, 4) is 0 Å². The SMILES string of the molecule is O=C(c1cnc2ccccc2n1)N1CCN([C@@H]2C[C@H]3CC[C@H]2C3)CC1. The Hall–Kier alpha value is -2.01. The zero-order valence-electron chi connectivity index (χ0n) is 14.5. The summed E-state index contributed by atoms with van der Waals surface area (Å²) >= 11 is 0. The first-order chi connectivity index (χ1) is 12.3. The maximum atomic E-state index is 12.8. The summed E-state index contributed by atoms with van der Waals surface area (Å²) in [5, 5.41) is 0. The molecule has 1 aromatic carbocycles. The van der Waals surface area contributed by atoms with Gasteiger partial charge in [0, 0.05) is 32.2 Å². The standard InChI is InChI=1S/C20H24N4O/c25-20(18-13-21-16-3-1-2-4-17(16)22-18)24-9-7-23(8-10-24)19-12-14-5-6-15(19)11-14/h1-4,13-15,19H,5-12H2/t14-,15-,19+/m0/s1. The van der Waals surface area contributed by atoms with Gasteiger partial charge in [0.1, 0.15) is 5.69 Å². The summed E-state index contributed by atoms with van der Waals surface area (Å²) in [6, 6.07) is 8.47. The van der Waals surface area contributed by atoms with Crippen LogP contribution in [0, 0.1) is 11.8 Å². The number of hydrogen-bond donors (Lipinski definition) is 0. The van der Waals surface area contributed by atoms with E-state index in [0.29, 0.717) is 5.69 Å². The molecule has 1 aliphatic heterocycles. The van der Waals surface area contributed by atoms with E-state index in [2.05, 4.69) is 14.9 Å². The highest BCUT2D eigenvalue weighted by atomic mass is 16.2. The minimum absolute atomic E-state index is 0.0193. The third-order valence-corrected chi connectivity index (χ3v) is 6.44. The van der Waals surface area contributed by atoms with Crippen molar-refractivity contribution in [1.82, 2.24) is 19.8 Å². The molecule has 2 saturated carbocycles. The summed E-state index contributed by atoms with van der Waals surface area (Å²) in [5.74, 6) is 1.91. The van der Waals surface area contributed by atoms with Crippen LogP contribution in [0.4, 0.5) is 0 Å². The fraction of sp³-hybridized carbons (Fsp3) is 0.550. The van der Waals surface area contributed by atoms with Gasteiger partial charge in [0.05, 0.1) is 17.2 Å². The van der Waals surface area contributed by atoms with E-state index in [4.69, 9.17) is 0 Å². The van der Waals surface area contributed by atoms with Crippen LogP contribution in [0.5, 0.6) is 0 Å². The number of aromatic nitrogens is 2. The molecule has 1 aromatic heterocycles. The topological polar surface area (TPSA) is 49.3 Å². The average Bonchev–Trinajstić information content (AvgIpc) is 3.31. The van der Waals surface area contributed by atoms with Crippen LogP contribution in [0.15, 0.2) is 30.5 Å². The number of benzene rings is 1. The van der Waals surface area contributed by atoms with Crippen molar-refractivity contribution in [3.05, 3.63) is 36.2 Å². The number of hydrogen-bond acceptors (Lipinski definition) is 4. The lowest BCUT2D eigenvalue weighted by molar-refractivity contribution is 0.0491. The molecule has 0 radical (unpaired) electrons. The minimum Gasteiger partial charge on any atom is -0.335 e. The largest absolute Gasteiger partial charge is 0.335 e. The van der Waals surface area contributed by atoms with Crippen molar-refractivity contribution in [2.45, 2.75) is 31.7 Å². The van der Waals surface area contributed by atoms with Gasteiger partial charge in [-0.05, 0) is 43.2 Å². The van der Waals surface area contributed by atoms with Crippen molar-refractivity contribution in [2.24, 2.45) is 11.8 Å². The van der Waals surface area contributed by atoms with Crippen LogP contribution in [-0.4, -0.2) is 57.9 Å². The molecule has 5 nitrogen and oxygen atoms in total. The quantitative estimate of drug-likeness (QED) is 0.846. The van der Waals surface area contributed by atoms with Crippen LogP contribution in [0.1, 0.15) is 36.2 Å². The molecular formula is C20H24N4O. The number of carbonyl (C=O) groups excluding carboxylic acids is 1. The predicted molar refractivity (Wildman–Crippen MR) is 96.3 cm³/mol. The summed E-state index contributed by atoms with van der Waals surface area (Å²) in [7, 11) is 0. The molecule has 130 valence electrons. The fourth-order valence-corrected chi connectivity index (χ4v) is 5.14. The Morgan fingerprint density at radius 1 is 1.00 bits per heavy atom. The maximum absolute atomic E-state index is 12.8. The van der Waals surface area contributed by atoms with Crippen LogP contribution in [0.25, 0.3) is 11.0 Å². The average molecular weight is 336 g/mol. The number of amides is 1. The van der Waals surface area contributed by atoms with Crippen molar-refractivity contribution in [1.29, 1.82) is 0 Å². The van der Waals surface area contributed by atoms with Gasteiger partial charge in [-0.2, -0.15) is 0 Å². The van der Waals surface area contributed by atoms with Gasteiger partial charge in [-0.3, -0.25) is 14.7 Å². The predicted octanol–water partition coefficient (Wildman–Crippen LogP) is 2.58. The second kappa shape index (κ2) is 6.06. The molecule has 5 heteroatoms. The number of carbonyl (C=O) groups is 1. The lowest BCUT2D eigenvalue weighted by atomic mass is 9.93. The summed E-state index contributed by atoms with van der Waals surface area (Å²) in [6.45, 7) is 3.61. The zero-order valence-corrected chi connectivity index (χ0v) is 14.5. The highest BCUT2D eigenvalue weighted by Gasteiger charge is 2.43. The summed E-state index contributed by atoms with van der Waals surface area (Å²) in [4.78, 5) is 26.3. The number of para-hydroxylation sites is 2. The molecule has 3 atom stereocenters. The van der Waals surface area contributed by atoms with Crippen molar-refractivity contribution in [2.75, 3.05) is 26.2 Å². The number of piperazine rings is 1. The highest BCUT2D eigenvalue weighted by Crippen LogP contribution is 2.46. The number of rotatable bonds is 2. The monoisotopic (exact) mass is 336 g/mol. The Kier molecular flexibility index (Phi) is 3.70. The Morgan fingerprint density at radius 3 is 2.52 bits per heavy atom. The highest BCUT2D eigenvalue weighted by molar-refractivity contribution is 5.93. The second-order valence-electron chi connectivity index (χ2n) is 7.81. The lowest BCUT2D eigenvalue weighted by Gasteiger charge is -2.40. The molecule has 0 unspecified atom stereocenters. The lowest BCUT2D eigenvalue weighted by Crippen LogP contribution is -2.53. The van der Waals surface area contributed by atoms with E-state index in [-0.39, 0.29) is 5.91 Å². The first kappa shape index (κ1) is 15.3. The summed E-state index contributed by atoms with van der Waals surface area (Å²) in [6.07, 6.45) is 7.31. The Morgan fingerprint density at radius 2 is 1.80 bits per heavy atom. The molecule has 2 aromatic rings. The van der Waals surface area contributed by atoms with E-state index in [0.717, 1.165) is 55.1 Å². The molecule has 3 aliphatic rings. The molecule has 2 heterocycles. The van der Waals surface area contributed by atoms with Gasteiger partial charge in [0.15, 0.2) is 0 Å². The number of nitrogens with zero attached hydrogens (tertiary/aromatic N) is 4. The van der Waals surface area contributed by atoms with Crippen molar-refractivity contribution < 1.29 is 4.79 Å². The van der Waals surface area contributed by atoms with Crippen molar-refractivity contribution >= 4 is 16.9 Å². The van der Waals surface area contributed by atoms with Crippen LogP contribution in [-0.2, 0) is 0 Å². The van der Waals surface area contributed by atoms with E-state index in [1.807, 2.05) is 29.2 Å². The van der Waals surface area contributed by atoms with Gasteiger partial charge < -0.3 is 4.90 Å². The molecule has 0 spiro atoms. The normalized spacial score (nSPS) is 29.4. The van der Waals surface area contributed by atoms with E-state index in [9.17, 15) is 4.79 Å². The first-order valence-electron chi connectivity index (χ1n) is 9.53. The van der Waals surface area contributed by atoms with E-state index < -0.39 is 0 Å². The Bertz CT molecular complexity index is 799. The molecule has 25 heavy (non-hydrogen) atoms. The van der Waals surface area contributed by atoms with Gasteiger partial charge in [-0.25, -0.2) is 4.98 Å². The molecule has 1 saturated heterocycles. The van der Waals surface area contributed by atoms with Gasteiger partial charge in [0.2, 0.25) is 0 Å². The number of fused-ring (bicyclic) bond motifs is 3. The first-order valence-corrected chi connectivity index (χ1v) is 9.53. The molecule has 3 fully saturated rings. The minimum atomic E-state index is 0.0193. The molecule has 1 amide bonds. The van der Waals surface area contributed by atoms with Crippen LogP contribution in [0.2, 0.25) is 0 Å². The van der Waals surface area contributed by atoms with Gasteiger partial charge >= 0.3 is 0 Å². The third-order valence-electron chi connectivity index (χ3n) is 6.44. The smallest absolute Gasteiger partial charge is 0.274 e. The van der Waals surface area contributed by atoms with Gasteiger partial charge in [0.25, 0.3) is 5.91 Å². The maximum Gasteiger partial charge on any atom is 0.274 e. The van der Waals surface area contributed by atoms with E-state index in [1.54, 1.807) is 6.20 Å². The Balaban J connectivity index is 1.26. The zero-order chi connectivity index (χ0) is 16.8. The second-order valence-corrected chi connectivity index (χ2v) is 7.81. The fourth-order valence-electron chi connectivity index (χ4n) is 5.14. The molecule has 2 bridgehead atoms. The molecule has 2 aliphatic carbocycles. The van der Waals surface area contributed by atoms with Crippen LogP contribution < -0.4 is 0 Å². The molecule has 5 rings (SSSR count). The van der Waals surface area contributed by atoms with Crippen LogP contribution in [0.3, 0.4) is 0 Å². The summed E-state index contributed by atoms with van der Waals surface area (Å²) in [5.41, 5.74) is 2.08. The van der Waals surface area contributed by atoms with E-state index >= 15 is 0 Å². The third kappa shape index (κ3) is 2.71.